The van der Waals surface area contributed by atoms with Crippen molar-refractivity contribution in [1.82, 2.24) is 0 Å². The molecule has 0 aliphatic heterocycles. The first-order chi connectivity index (χ1) is 12.3. The number of phenols is 2. The molecule has 0 atom stereocenters. The number of rotatable bonds is 3. The number of hydrogen-bond donors (Lipinski definition) is 3. The van der Waals surface area contributed by atoms with Gasteiger partial charge in [0, 0.05) is 11.6 Å². The van der Waals surface area contributed by atoms with E-state index < -0.39 is 5.92 Å². The van der Waals surface area contributed by atoms with Crippen molar-refractivity contribution < 1.29 is 10.2 Å². The fourth-order valence-electron chi connectivity index (χ4n) is 2.83. The zero-order valence-corrected chi connectivity index (χ0v) is 16.2. The maximum atomic E-state index is 9.87. The lowest BCUT2D eigenvalue weighted by molar-refractivity contribution is 0.475. The van der Waals surface area contributed by atoms with E-state index in [4.69, 9.17) is 52.1 Å². The van der Waals surface area contributed by atoms with E-state index in [1.807, 2.05) is 18.2 Å². The largest absolute Gasteiger partial charge is 0.505 e. The predicted molar refractivity (Wildman–Crippen MR) is 108 cm³/mol. The molecule has 0 bridgehead atoms. The lowest BCUT2D eigenvalue weighted by Gasteiger charge is -2.22. The number of nitrogen functional groups attached to an aromatic ring is 1. The van der Waals surface area contributed by atoms with Crippen molar-refractivity contribution in [2.45, 2.75) is 5.92 Å². The maximum Gasteiger partial charge on any atom is 0.152 e. The van der Waals surface area contributed by atoms with E-state index in [0.29, 0.717) is 16.8 Å². The first-order valence-corrected chi connectivity index (χ1v) is 9.01. The molecule has 7 heteroatoms. The minimum absolute atomic E-state index is 0.114. The van der Waals surface area contributed by atoms with Crippen molar-refractivity contribution >= 4 is 52.1 Å². The minimum Gasteiger partial charge on any atom is -0.505 e. The molecule has 0 fully saturated rings. The van der Waals surface area contributed by atoms with Gasteiger partial charge in [-0.1, -0.05) is 64.6 Å². The van der Waals surface area contributed by atoms with Gasteiger partial charge >= 0.3 is 0 Å². The fourth-order valence-corrected chi connectivity index (χ4v) is 3.84. The Morgan fingerprint density at radius 2 is 1.08 bits per heavy atom. The van der Waals surface area contributed by atoms with Crippen molar-refractivity contribution in [1.29, 1.82) is 0 Å². The second-order valence-corrected chi connectivity index (χ2v) is 7.36. The van der Waals surface area contributed by atoms with Gasteiger partial charge in [0.25, 0.3) is 0 Å². The van der Waals surface area contributed by atoms with Crippen LogP contribution in [0.3, 0.4) is 0 Å². The van der Waals surface area contributed by atoms with Gasteiger partial charge in [-0.05, 0) is 47.0 Å². The molecule has 0 aromatic heterocycles. The highest BCUT2D eigenvalue weighted by Gasteiger charge is 2.23. The van der Waals surface area contributed by atoms with Gasteiger partial charge in [0.2, 0.25) is 0 Å². The molecule has 0 aliphatic rings. The number of aromatic hydroxyl groups is 2. The first-order valence-electron chi connectivity index (χ1n) is 7.49. The monoisotopic (exact) mass is 427 g/mol. The minimum atomic E-state index is -0.414. The fraction of sp³-hybridized carbons (Fsp3) is 0.0526. The highest BCUT2D eigenvalue weighted by Crippen LogP contribution is 2.43. The van der Waals surface area contributed by atoms with Crippen LogP contribution >= 0.6 is 46.4 Å². The molecular weight excluding hydrogens is 416 g/mol. The van der Waals surface area contributed by atoms with Gasteiger partial charge in [0.1, 0.15) is 0 Å². The third-order valence-electron chi connectivity index (χ3n) is 4.05. The van der Waals surface area contributed by atoms with Crippen LogP contribution in [0.25, 0.3) is 0 Å². The molecule has 0 spiro atoms. The Balaban J connectivity index is 2.30. The van der Waals surface area contributed by atoms with Gasteiger partial charge in [-0.2, -0.15) is 0 Å². The summed E-state index contributed by atoms with van der Waals surface area (Å²) in [7, 11) is 0. The second kappa shape index (κ2) is 7.45. The van der Waals surface area contributed by atoms with Gasteiger partial charge in [-0.15, -0.1) is 0 Å². The third-order valence-corrected chi connectivity index (χ3v) is 5.20. The highest BCUT2D eigenvalue weighted by molar-refractivity contribution is 6.37. The number of halogens is 4. The van der Waals surface area contributed by atoms with Crippen molar-refractivity contribution in [2.24, 2.45) is 0 Å². The summed E-state index contributed by atoms with van der Waals surface area (Å²) >= 11 is 24.4. The van der Waals surface area contributed by atoms with Crippen LogP contribution in [0, 0.1) is 0 Å². The number of para-hydroxylation sites is 1. The van der Waals surface area contributed by atoms with Crippen LogP contribution in [0.5, 0.6) is 11.5 Å². The molecule has 0 aliphatic carbocycles. The Morgan fingerprint density at radius 3 is 1.46 bits per heavy atom. The normalized spacial score (nSPS) is 11.1. The zero-order valence-electron chi connectivity index (χ0n) is 13.2. The number of nitrogens with two attached hydrogens (primary N) is 1. The lowest BCUT2D eigenvalue weighted by atomic mass is 9.84. The molecule has 3 aromatic rings. The first kappa shape index (κ1) is 19.0. The standard InChI is InChI=1S/C19H13Cl4NO2/c20-12-5-9(6-13(21)18(12)25)17(11-3-1-2-4-16(11)24)10-7-14(22)19(26)15(23)8-10/h1-8,17,25-26H,24H2. The molecule has 0 amide bonds. The zero-order chi connectivity index (χ0) is 19.0. The van der Waals surface area contributed by atoms with Gasteiger partial charge in [-0.3, -0.25) is 0 Å². The summed E-state index contributed by atoms with van der Waals surface area (Å²) in [6, 6.07) is 13.7. The van der Waals surface area contributed by atoms with E-state index in [1.54, 1.807) is 30.3 Å². The second-order valence-electron chi connectivity index (χ2n) is 5.73. The summed E-state index contributed by atoms with van der Waals surface area (Å²) in [6.07, 6.45) is 0. The number of benzene rings is 3. The Hall–Kier alpha value is -1.78. The van der Waals surface area contributed by atoms with Crippen LogP contribution in [0.4, 0.5) is 5.69 Å². The lowest BCUT2D eigenvalue weighted by Crippen LogP contribution is -2.07. The Bertz CT molecular complexity index is 888. The average Bonchev–Trinajstić information content (AvgIpc) is 2.59. The van der Waals surface area contributed by atoms with Gasteiger partial charge < -0.3 is 15.9 Å². The van der Waals surface area contributed by atoms with Crippen molar-refractivity contribution in [3.63, 3.8) is 0 Å². The molecule has 0 unspecified atom stereocenters. The molecule has 3 rings (SSSR count). The average molecular weight is 429 g/mol. The smallest absolute Gasteiger partial charge is 0.152 e. The summed E-state index contributed by atoms with van der Waals surface area (Å²) in [5.74, 6) is -0.806. The Labute approximate surface area is 170 Å². The van der Waals surface area contributed by atoms with Crippen LogP contribution in [0.2, 0.25) is 20.1 Å². The van der Waals surface area contributed by atoms with Crippen LogP contribution in [0.15, 0.2) is 48.5 Å². The maximum absolute atomic E-state index is 9.87. The molecule has 0 radical (unpaired) electrons. The van der Waals surface area contributed by atoms with Gasteiger partial charge in [0.05, 0.1) is 20.1 Å². The summed E-state index contributed by atoms with van der Waals surface area (Å²) in [5, 5.41) is 20.2. The van der Waals surface area contributed by atoms with Gasteiger partial charge in [-0.25, -0.2) is 0 Å². The quantitative estimate of drug-likeness (QED) is 0.330. The van der Waals surface area contributed by atoms with E-state index in [2.05, 4.69) is 0 Å². The van der Waals surface area contributed by atoms with Crippen molar-refractivity contribution in [2.75, 3.05) is 5.73 Å². The van der Waals surface area contributed by atoms with Crippen molar-refractivity contribution in [3.8, 4) is 11.5 Å². The van der Waals surface area contributed by atoms with E-state index in [-0.39, 0.29) is 31.6 Å². The SMILES string of the molecule is Nc1ccccc1C(c1cc(Cl)c(O)c(Cl)c1)c1cc(Cl)c(O)c(Cl)c1. The molecule has 26 heavy (non-hydrogen) atoms. The molecule has 0 saturated heterocycles. The molecule has 0 heterocycles. The molecule has 3 nitrogen and oxygen atoms in total. The summed E-state index contributed by atoms with van der Waals surface area (Å²) in [6.45, 7) is 0. The molecule has 4 N–H and O–H groups in total. The third kappa shape index (κ3) is 3.53. The number of anilines is 1. The van der Waals surface area contributed by atoms with Crippen molar-refractivity contribution in [3.05, 3.63) is 85.3 Å². The Morgan fingerprint density at radius 1 is 0.692 bits per heavy atom. The molecule has 0 saturated carbocycles. The molecular formula is C19H13Cl4NO2. The van der Waals surface area contributed by atoms with E-state index >= 15 is 0 Å². The molecule has 3 aromatic carbocycles. The Kier molecular flexibility index (Phi) is 5.44. The summed E-state index contributed by atoms with van der Waals surface area (Å²) in [5.41, 5.74) is 8.89. The number of hydrogen-bond acceptors (Lipinski definition) is 3. The van der Waals surface area contributed by atoms with Crippen LogP contribution in [-0.4, -0.2) is 10.2 Å². The van der Waals surface area contributed by atoms with E-state index in [0.717, 1.165) is 5.56 Å². The number of phenolic OH excluding ortho intramolecular Hbond substituents is 2. The topological polar surface area (TPSA) is 66.5 Å². The van der Waals surface area contributed by atoms with Crippen LogP contribution in [-0.2, 0) is 0 Å². The van der Waals surface area contributed by atoms with Crippen LogP contribution < -0.4 is 5.73 Å². The van der Waals surface area contributed by atoms with E-state index in [1.165, 1.54) is 0 Å². The van der Waals surface area contributed by atoms with Crippen LogP contribution in [0.1, 0.15) is 22.6 Å². The highest BCUT2D eigenvalue weighted by atomic mass is 35.5. The molecule has 134 valence electrons. The summed E-state index contributed by atoms with van der Waals surface area (Å²) < 4.78 is 0. The van der Waals surface area contributed by atoms with Gasteiger partial charge in [0.15, 0.2) is 11.5 Å². The van der Waals surface area contributed by atoms with E-state index in [9.17, 15) is 10.2 Å². The summed E-state index contributed by atoms with van der Waals surface area (Å²) in [4.78, 5) is 0. The predicted octanol–water partition coefficient (Wildman–Crippen LogP) is 6.47.